The van der Waals surface area contributed by atoms with Gasteiger partial charge in [-0.2, -0.15) is 0 Å². The maximum absolute atomic E-state index is 5.76. The first-order valence-corrected chi connectivity index (χ1v) is 4.77. The summed E-state index contributed by atoms with van der Waals surface area (Å²) in [6, 6.07) is 10.5. The van der Waals surface area contributed by atoms with E-state index in [-0.39, 0.29) is 6.04 Å². The van der Waals surface area contributed by atoms with Crippen LogP contribution < -0.4 is 5.73 Å². The molecule has 0 bridgehead atoms. The lowest BCUT2D eigenvalue weighted by Gasteiger charge is -2.33. The molecule has 0 aromatic heterocycles. The highest BCUT2D eigenvalue weighted by Crippen LogP contribution is 2.22. The Labute approximate surface area is 78.7 Å². The van der Waals surface area contributed by atoms with Crippen molar-refractivity contribution >= 4 is 0 Å². The molecule has 1 fully saturated rings. The Morgan fingerprint density at radius 2 is 2.00 bits per heavy atom. The van der Waals surface area contributed by atoms with Crippen LogP contribution in [-0.2, 0) is 11.3 Å². The second kappa shape index (κ2) is 3.90. The molecule has 2 heteroatoms. The molecule has 0 unspecified atom stereocenters. The molecule has 70 valence electrons. The molecule has 1 saturated carbocycles. The number of ether oxygens (including phenoxy) is 1. The van der Waals surface area contributed by atoms with Crippen molar-refractivity contribution < 1.29 is 4.74 Å². The zero-order valence-corrected chi connectivity index (χ0v) is 7.65. The SMILES string of the molecule is N[C@@H]1CC[C@H]1OCc1ccccc1. The van der Waals surface area contributed by atoms with E-state index in [2.05, 4.69) is 12.1 Å². The number of benzene rings is 1. The van der Waals surface area contributed by atoms with Crippen molar-refractivity contribution in [2.45, 2.75) is 31.6 Å². The molecule has 1 aromatic carbocycles. The van der Waals surface area contributed by atoms with Gasteiger partial charge in [0.05, 0.1) is 12.7 Å². The lowest BCUT2D eigenvalue weighted by molar-refractivity contribution is -0.0245. The Morgan fingerprint density at radius 3 is 2.54 bits per heavy atom. The van der Waals surface area contributed by atoms with Crippen LogP contribution in [0.5, 0.6) is 0 Å². The molecule has 1 aliphatic rings. The van der Waals surface area contributed by atoms with E-state index >= 15 is 0 Å². The van der Waals surface area contributed by atoms with Gasteiger partial charge in [-0.3, -0.25) is 0 Å². The maximum atomic E-state index is 5.76. The Bertz CT molecular complexity index is 260. The third kappa shape index (κ3) is 2.08. The molecule has 1 aliphatic carbocycles. The van der Waals surface area contributed by atoms with Crippen LogP contribution in [0.15, 0.2) is 30.3 Å². The van der Waals surface area contributed by atoms with Crippen molar-refractivity contribution in [2.24, 2.45) is 5.73 Å². The quantitative estimate of drug-likeness (QED) is 0.762. The Hall–Kier alpha value is -0.860. The van der Waals surface area contributed by atoms with Gasteiger partial charge in [0, 0.05) is 6.04 Å². The summed E-state index contributed by atoms with van der Waals surface area (Å²) in [5.74, 6) is 0. The average molecular weight is 177 g/mol. The Kier molecular flexibility index (Phi) is 2.62. The van der Waals surface area contributed by atoms with Gasteiger partial charge in [-0.25, -0.2) is 0 Å². The van der Waals surface area contributed by atoms with Crippen LogP contribution in [0.2, 0.25) is 0 Å². The van der Waals surface area contributed by atoms with Crippen molar-refractivity contribution in [3.63, 3.8) is 0 Å². The van der Waals surface area contributed by atoms with Gasteiger partial charge in [-0.1, -0.05) is 30.3 Å². The van der Waals surface area contributed by atoms with Gasteiger partial charge < -0.3 is 10.5 Å². The number of nitrogens with two attached hydrogens (primary N) is 1. The molecule has 0 heterocycles. The molecule has 0 spiro atoms. The molecule has 0 radical (unpaired) electrons. The topological polar surface area (TPSA) is 35.2 Å². The lowest BCUT2D eigenvalue weighted by atomic mass is 9.90. The minimum Gasteiger partial charge on any atom is -0.372 e. The predicted molar refractivity (Wildman–Crippen MR) is 52.2 cm³/mol. The van der Waals surface area contributed by atoms with Crippen LogP contribution >= 0.6 is 0 Å². The van der Waals surface area contributed by atoms with Crippen molar-refractivity contribution in [3.05, 3.63) is 35.9 Å². The van der Waals surface area contributed by atoms with Crippen LogP contribution in [0.1, 0.15) is 18.4 Å². The van der Waals surface area contributed by atoms with Gasteiger partial charge in [0.25, 0.3) is 0 Å². The van der Waals surface area contributed by atoms with Crippen molar-refractivity contribution in [3.8, 4) is 0 Å². The standard InChI is InChI=1S/C11H15NO/c12-10-6-7-11(10)13-8-9-4-2-1-3-5-9/h1-5,10-11H,6-8,12H2/t10-,11-/m1/s1. The van der Waals surface area contributed by atoms with Crippen LogP contribution in [0.4, 0.5) is 0 Å². The fraction of sp³-hybridized carbons (Fsp3) is 0.455. The molecule has 2 rings (SSSR count). The van der Waals surface area contributed by atoms with E-state index in [1.54, 1.807) is 0 Å². The summed E-state index contributed by atoms with van der Waals surface area (Å²) in [4.78, 5) is 0. The van der Waals surface area contributed by atoms with Gasteiger partial charge >= 0.3 is 0 Å². The summed E-state index contributed by atoms with van der Waals surface area (Å²) in [7, 11) is 0. The minimum absolute atomic E-state index is 0.267. The molecule has 1 aromatic rings. The molecule has 0 amide bonds. The summed E-state index contributed by atoms with van der Waals surface area (Å²) >= 11 is 0. The van der Waals surface area contributed by atoms with Gasteiger partial charge in [-0.15, -0.1) is 0 Å². The zero-order chi connectivity index (χ0) is 9.10. The highest BCUT2D eigenvalue weighted by molar-refractivity contribution is 5.13. The molecular formula is C11H15NO. The van der Waals surface area contributed by atoms with E-state index in [1.165, 1.54) is 5.56 Å². The first kappa shape index (κ1) is 8.73. The van der Waals surface area contributed by atoms with Gasteiger partial charge in [0.1, 0.15) is 0 Å². The summed E-state index contributed by atoms with van der Waals surface area (Å²) in [5, 5.41) is 0. The summed E-state index contributed by atoms with van der Waals surface area (Å²) in [5.41, 5.74) is 6.99. The van der Waals surface area contributed by atoms with Gasteiger partial charge in [0.2, 0.25) is 0 Å². The smallest absolute Gasteiger partial charge is 0.0731 e. The van der Waals surface area contributed by atoms with Crippen LogP contribution in [-0.4, -0.2) is 12.1 Å². The van der Waals surface area contributed by atoms with Crippen LogP contribution in [0.25, 0.3) is 0 Å². The molecule has 13 heavy (non-hydrogen) atoms. The molecule has 0 saturated heterocycles. The van der Waals surface area contributed by atoms with Crippen molar-refractivity contribution in [2.75, 3.05) is 0 Å². The highest BCUT2D eigenvalue weighted by atomic mass is 16.5. The molecule has 2 atom stereocenters. The normalized spacial score (nSPS) is 26.8. The number of hydrogen-bond acceptors (Lipinski definition) is 2. The van der Waals surface area contributed by atoms with E-state index in [0.717, 1.165) is 12.8 Å². The molecule has 2 nitrogen and oxygen atoms in total. The third-order valence-corrected chi connectivity index (χ3v) is 2.57. The third-order valence-electron chi connectivity index (χ3n) is 2.57. The summed E-state index contributed by atoms with van der Waals surface area (Å²) in [6.07, 6.45) is 2.52. The largest absolute Gasteiger partial charge is 0.372 e. The van der Waals surface area contributed by atoms with E-state index in [4.69, 9.17) is 10.5 Å². The van der Waals surface area contributed by atoms with Gasteiger partial charge in [-0.05, 0) is 18.4 Å². The summed E-state index contributed by atoms with van der Waals surface area (Å²) in [6.45, 7) is 0.694. The average Bonchev–Trinajstić information content (AvgIpc) is 2.17. The fourth-order valence-electron chi connectivity index (χ4n) is 1.48. The van der Waals surface area contributed by atoms with Crippen molar-refractivity contribution in [1.82, 2.24) is 0 Å². The monoisotopic (exact) mass is 177 g/mol. The van der Waals surface area contributed by atoms with E-state index < -0.39 is 0 Å². The van der Waals surface area contributed by atoms with Crippen LogP contribution in [0, 0.1) is 0 Å². The highest BCUT2D eigenvalue weighted by Gasteiger charge is 2.27. The second-order valence-corrected chi connectivity index (χ2v) is 3.58. The second-order valence-electron chi connectivity index (χ2n) is 3.58. The van der Waals surface area contributed by atoms with E-state index in [1.807, 2.05) is 18.2 Å². The molecule has 2 N–H and O–H groups in total. The number of hydrogen-bond donors (Lipinski definition) is 1. The number of rotatable bonds is 3. The Balaban J connectivity index is 1.80. The zero-order valence-electron chi connectivity index (χ0n) is 7.65. The summed E-state index contributed by atoms with van der Waals surface area (Å²) < 4.78 is 5.65. The maximum Gasteiger partial charge on any atom is 0.0731 e. The first-order valence-electron chi connectivity index (χ1n) is 4.77. The van der Waals surface area contributed by atoms with Crippen LogP contribution in [0.3, 0.4) is 0 Å². The predicted octanol–water partition coefficient (Wildman–Crippen LogP) is 1.69. The minimum atomic E-state index is 0.267. The lowest BCUT2D eigenvalue weighted by Crippen LogP contribution is -2.45. The molecular weight excluding hydrogens is 162 g/mol. The first-order chi connectivity index (χ1) is 6.36. The van der Waals surface area contributed by atoms with Gasteiger partial charge in [0.15, 0.2) is 0 Å². The Morgan fingerprint density at radius 1 is 1.23 bits per heavy atom. The fourth-order valence-corrected chi connectivity index (χ4v) is 1.48. The molecule has 0 aliphatic heterocycles. The van der Waals surface area contributed by atoms with E-state index in [0.29, 0.717) is 12.7 Å². The van der Waals surface area contributed by atoms with Crippen molar-refractivity contribution in [1.29, 1.82) is 0 Å². The van der Waals surface area contributed by atoms with E-state index in [9.17, 15) is 0 Å².